The predicted octanol–water partition coefficient (Wildman–Crippen LogP) is 2.49. The maximum atomic E-state index is 12.8. The molecule has 0 aliphatic heterocycles. The molecule has 8 nitrogen and oxygen atoms in total. The summed E-state index contributed by atoms with van der Waals surface area (Å²) < 4.78 is 10.2. The minimum atomic E-state index is -1.53. The van der Waals surface area contributed by atoms with Crippen LogP contribution in [0.15, 0.2) is 54.7 Å². The van der Waals surface area contributed by atoms with Gasteiger partial charge in [0.2, 0.25) is 5.78 Å². The number of ketones is 1. The van der Waals surface area contributed by atoms with Crippen LogP contribution in [0, 0.1) is 0 Å². The van der Waals surface area contributed by atoms with E-state index >= 15 is 0 Å². The number of benzene rings is 2. The van der Waals surface area contributed by atoms with Gasteiger partial charge >= 0.3 is 5.97 Å². The molecule has 148 valence electrons. The number of fused-ring (bicyclic) bond motifs is 1. The van der Waals surface area contributed by atoms with Gasteiger partial charge < -0.3 is 14.8 Å². The third-order valence-electron chi connectivity index (χ3n) is 4.12. The lowest BCUT2D eigenvalue weighted by molar-refractivity contribution is -0.148. The molecule has 29 heavy (non-hydrogen) atoms. The highest BCUT2D eigenvalue weighted by molar-refractivity contribution is 6.45. The minimum absolute atomic E-state index is 0.0359. The van der Waals surface area contributed by atoms with Gasteiger partial charge in [0.15, 0.2) is 5.92 Å². The molecular formula is C21H19N3O5. The number of carbonyl (C=O) groups excluding carboxylic acids is 3. The normalized spacial score (nSPS) is 11.5. The molecule has 3 aromatic rings. The van der Waals surface area contributed by atoms with Gasteiger partial charge in [-0.2, -0.15) is 0 Å². The lowest BCUT2D eigenvalue weighted by Gasteiger charge is -2.15. The fourth-order valence-corrected chi connectivity index (χ4v) is 2.76. The smallest absolute Gasteiger partial charge is 0.323 e. The van der Waals surface area contributed by atoms with Crippen LogP contribution < -0.4 is 10.1 Å². The van der Waals surface area contributed by atoms with Crippen LogP contribution >= 0.6 is 0 Å². The fraction of sp³-hybridized carbons (Fsp3) is 0.190. The highest BCUT2D eigenvalue weighted by atomic mass is 16.5. The summed E-state index contributed by atoms with van der Waals surface area (Å²) in [6, 6.07) is 13.7. The number of methoxy groups -OCH3 is 1. The molecule has 1 heterocycles. The standard InChI is InChI=1S/C21H19N3O5/c1-3-29-17-11-7-6-10-15(17)24-20(26)19(25)18(21(27)28-2)16-12-22-13-8-4-5-9-14(13)23-16/h4-12,18H,3H2,1-2H3,(H,24,26). The number of rotatable bonds is 7. The number of nitrogens with one attached hydrogen (secondary N) is 1. The summed E-state index contributed by atoms with van der Waals surface area (Å²) in [4.78, 5) is 46.3. The molecule has 3 rings (SSSR count). The maximum Gasteiger partial charge on any atom is 0.323 e. The molecule has 1 atom stereocenters. The number of anilines is 1. The van der Waals surface area contributed by atoms with Gasteiger partial charge in [-0.3, -0.25) is 19.4 Å². The van der Waals surface area contributed by atoms with Crippen molar-refractivity contribution in [2.24, 2.45) is 0 Å². The van der Waals surface area contributed by atoms with Crippen LogP contribution in [0.2, 0.25) is 0 Å². The Morgan fingerprint density at radius 3 is 2.45 bits per heavy atom. The summed E-state index contributed by atoms with van der Waals surface area (Å²) in [7, 11) is 1.14. The number of nitrogens with zero attached hydrogens (tertiary/aromatic N) is 2. The molecule has 0 saturated heterocycles. The number of carbonyl (C=O) groups is 3. The Hall–Kier alpha value is -3.81. The maximum absolute atomic E-state index is 12.8. The van der Waals surface area contributed by atoms with Crippen molar-refractivity contribution in [3.63, 3.8) is 0 Å². The number of esters is 1. The number of aromatic nitrogens is 2. The number of Topliss-reactive ketones (excluding diaryl/α,β-unsaturated/α-hetero) is 1. The molecule has 1 N–H and O–H groups in total. The molecule has 0 fully saturated rings. The van der Waals surface area contributed by atoms with Crippen LogP contribution in [0.1, 0.15) is 18.5 Å². The second-order valence-electron chi connectivity index (χ2n) is 5.99. The fourth-order valence-electron chi connectivity index (χ4n) is 2.76. The lowest BCUT2D eigenvalue weighted by atomic mass is 9.99. The Kier molecular flexibility index (Phi) is 6.13. The first-order valence-electron chi connectivity index (χ1n) is 8.91. The predicted molar refractivity (Wildman–Crippen MR) is 106 cm³/mol. The van der Waals surface area contributed by atoms with E-state index in [0.717, 1.165) is 7.11 Å². The Balaban J connectivity index is 1.91. The number of hydrogen-bond donors (Lipinski definition) is 1. The highest BCUT2D eigenvalue weighted by Crippen LogP contribution is 2.25. The summed E-state index contributed by atoms with van der Waals surface area (Å²) in [5.74, 6) is -4.00. The summed E-state index contributed by atoms with van der Waals surface area (Å²) in [6.07, 6.45) is 1.29. The van der Waals surface area contributed by atoms with Gasteiger partial charge in [0, 0.05) is 0 Å². The monoisotopic (exact) mass is 393 g/mol. The highest BCUT2D eigenvalue weighted by Gasteiger charge is 2.36. The van der Waals surface area contributed by atoms with Gasteiger partial charge in [-0.25, -0.2) is 4.98 Å². The van der Waals surface area contributed by atoms with Crippen LogP contribution in [0.4, 0.5) is 5.69 Å². The second kappa shape index (κ2) is 8.92. The zero-order valence-corrected chi connectivity index (χ0v) is 15.9. The molecule has 2 aromatic carbocycles. The number of para-hydroxylation sites is 4. The first-order chi connectivity index (χ1) is 14.0. The van der Waals surface area contributed by atoms with E-state index in [1.54, 1.807) is 55.5 Å². The van der Waals surface area contributed by atoms with Crippen LogP contribution in [-0.2, 0) is 19.1 Å². The van der Waals surface area contributed by atoms with Crippen molar-refractivity contribution >= 4 is 34.4 Å². The lowest BCUT2D eigenvalue weighted by Crippen LogP contribution is -2.34. The first kappa shape index (κ1) is 19.9. The SMILES string of the molecule is CCOc1ccccc1NC(=O)C(=O)C(C(=O)OC)c1cnc2ccccc2n1. The average Bonchev–Trinajstić information content (AvgIpc) is 2.75. The molecule has 1 unspecified atom stereocenters. The summed E-state index contributed by atoms with van der Waals surface area (Å²) in [5, 5.41) is 2.49. The Bertz CT molecular complexity index is 1070. The molecule has 0 radical (unpaired) electrons. The van der Waals surface area contributed by atoms with Crippen molar-refractivity contribution in [1.82, 2.24) is 9.97 Å². The Morgan fingerprint density at radius 1 is 1.03 bits per heavy atom. The molecule has 8 heteroatoms. The largest absolute Gasteiger partial charge is 0.492 e. The van der Waals surface area contributed by atoms with Crippen molar-refractivity contribution in [2.45, 2.75) is 12.8 Å². The second-order valence-corrected chi connectivity index (χ2v) is 5.99. The van der Waals surface area contributed by atoms with E-state index in [0.29, 0.717) is 29.1 Å². The third-order valence-corrected chi connectivity index (χ3v) is 4.12. The zero-order chi connectivity index (χ0) is 20.8. The summed E-state index contributed by atoms with van der Waals surface area (Å²) in [6.45, 7) is 2.19. The molecule has 0 bridgehead atoms. The Labute approximate surface area is 166 Å². The van der Waals surface area contributed by atoms with Gasteiger partial charge in [0.05, 0.1) is 42.3 Å². The molecular weight excluding hydrogens is 374 g/mol. The van der Waals surface area contributed by atoms with E-state index in [4.69, 9.17) is 9.47 Å². The van der Waals surface area contributed by atoms with Crippen LogP contribution in [-0.4, -0.2) is 41.3 Å². The van der Waals surface area contributed by atoms with Gasteiger partial charge in [0.1, 0.15) is 5.75 Å². The first-order valence-corrected chi connectivity index (χ1v) is 8.91. The van der Waals surface area contributed by atoms with E-state index in [-0.39, 0.29) is 5.69 Å². The quantitative estimate of drug-likeness (QED) is 0.373. The molecule has 0 spiro atoms. The van der Waals surface area contributed by atoms with Gasteiger partial charge in [0.25, 0.3) is 5.91 Å². The van der Waals surface area contributed by atoms with Crippen LogP contribution in [0.3, 0.4) is 0 Å². The minimum Gasteiger partial charge on any atom is -0.492 e. The molecule has 0 aliphatic carbocycles. The Morgan fingerprint density at radius 2 is 1.72 bits per heavy atom. The summed E-state index contributed by atoms with van der Waals surface area (Å²) >= 11 is 0. The summed E-state index contributed by atoms with van der Waals surface area (Å²) in [5.41, 5.74) is 1.45. The topological polar surface area (TPSA) is 107 Å². The van der Waals surface area contributed by atoms with Crippen LogP contribution in [0.5, 0.6) is 5.75 Å². The molecule has 0 aliphatic rings. The molecule has 1 amide bonds. The number of ether oxygens (including phenoxy) is 2. The van der Waals surface area contributed by atoms with Crippen molar-refractivity contribution in [1.29, 1.82) is 0 Å². The molecule has 1 aromatic heterocycles. The van der Waals surface area contributed by atoms with Gasteiger partial charge in [-0.05, 0) is 31.2 Å². The van der Waals surface area contributed by atoms with Crippen molar-refractivity contribution in [3.05, 3.63) is 60.4 Å². The average molecular weight is 393 g/mol. The van der Waals surface area contributed by atoms with E-state index in [9.17, 15) is 14.4 Å². The van der Waals surface area contributed by atoms with Crippen molar-refractivity contribution in [2.75, 3.05) is 19.0 Å². The van der Waals surface area contributed by atoms with Gasteiger partial charge in [-0.1, -0.05) is 24.3 Å². The van der Waals surface area contributed by atoms with E-state index < -0.39 is 23.6 Å². The number of hydrogen-bond acceptors (Lipinski definition) is 7. The number of amides is 1. The van der Waals surface area contributed by atoms with E-state index in [1.165, 1.54) is 6.20 Å². The van der Waals surface area contributed by atoms with E-state index in [1.807, 2.05) is 0 Å². The third kappa shape index (κ3) is 4.37. The van der Waals surface area contributed by atoms with Crippen molar-refractivity contribution < 1.29 is 23.9 Å². The zero-order valence-electron chi connectivity index (χ0n) is 15.9. The van der Waals surface area contributed by atoms with Crippen LogP contribution in [0.25, 0.3) is 11.0 Å². The van der Waals surface area contributed by atoms with Crippen molar-refractivity contribution in [3.8, 4) is 5.75 Å². The van der Waals surface area contributed by atoms with E-state index in [2.05, 4.69) is 15.3 Å². The molecule has 0 saturated carbocycles. The van der Waals surface area contributed by atoms with Gasteiger partial charge in [-0.15, -0.1) is 0 Å².